The molecule has 9 rings (SSSR count). The molecule has 0 saturated heterocycles. The van der Waals surface area contributed by atoms with Crippen LogP contribution in [0.5, 0.6) is 0 Å². The maximum atomic E-state index is 13.8. The minimum atomic E-state index is -0.498. The number of halogens is 2. The molecule has 0 fully saturated rings. The topological polar surface area (TPSA) is 38.7 Å². The predicted molar refractivity (Wildman–Crippen MR) is 172 cm³/mol. The van der Waals surface area contributed by atoms with Crippen molar-refractivity contribution in [3.05, 3.63) is 173 Å². The van der Waals surface area contributed by atoms with Crippen LogP contribution in [0.15, 0.2) is 140 Å². The van der Waals surface area contributed by atoms with E-state index in [0.717, 1.165) is 5.56 Å². The monoisotopic (exact) mass is 583 g/mol. The Hall–Kier alpha value is -5.81. The van der Waals surface area contributed by atoms with E-state index in [9.17, 15) is 8.78 Å². The third-order valence-corrected chi connectivity index (χ3v) is 9.10. The second-order valence-electron chi connectivity index (χ2n) is 11.5. The molecule has 45 heavy (non-hydrogen) atoms. The fraction of sp³-hybridized carbons (Fsp3) is 0.0250. The lowest BCUT2D eigenvalue weighted by molar-refractivity contribution is 0.627. The number of nitrogens with zero attached hydrogens (tertiary/aromatic N) is 3. The molecule has 0 aliphatic heterocycles. The number of rotatable bonds is 3. The normalized spacial score (nSPS) is 13.3. The summed E-state index contributed by atoms with van der Waals surface area (Å²) < 4.78 is 27.7. The maximum absolute atomic E-state index is 13.8. The molecule has 212 valence electrons. The molecule has 0 atom stereocenters. The molecule has 3 nitrogen and oxygen atoms in total. The van der Waals surface area contributed by atoms with Crippen molar-refractivity contribution in [3.63, 3.8) is 0 Å². The van der Waals surface area contributed by atoms with Gasteiger partial charge in [0.1, 0.15) is 11.6 Å². The van der Waals surface area contributed by atoms with E-state index in [1.165, 1.54) is 68.8 Å². The highest BCUT2D eigenvalue weighted by molar-refractivity contribution is 5.95. The molecule has 0 saturated carbocycles. The first-order valence-electron chi connectivity index (χ1n) is 14.8. The maximum Gasteiger partial charge on any atom is 0.164 e. The molecule has 7 aromatic rings. The van der Waals surface area contributed by atoms with Gasteiger partial charge in [0.15, 0.2) is 17.5 Å². The van der Waals surface area contributed by atoms with Gasteiger partial charge in [0, 0.05) is 16.7 Å². The zero-order valence-corrected chi connectivity index (χ0v) is 23.9. The molecule has 0 radical (unpaired) electrons. The minimum Gasteiger partial charge on any atom is -0.208 e. The number of fused-ring (bicyclic) bond motifs is 10. The van der Waals surface area contributed by atoms with Crippen molar-refractivity contribution in [1.82, 2.24) is 15.0 Å². The van der Waals surface area contributed by atoms with E-state index >= 15 is 0 Å². The molecule has 1 aromatic heterocycles. The molecule has 0 bridgehead atoms. The largest absolute Gasteiger partial charge is 0.208 e. The number of hydrogen-bond acceptors (Lipinski definition) is 3. The van der Waals surface area contributed by atoms with E-state index in [0.29, 0.717) is 28.6 Å². The summed E-state index contributed by atoms with van der Waals surface area (Å²) in [5, 5.41) is 0. The van der Waals surface area contributed by atoms with Crippen molar-refractivity contribution in [2.45, 2.75) is 5.41 Å². The Morgan fingerprint density at radius 3 is 1.16 bits per heavy atom. The molecule has 1 spiro atoms. The summed E-state index contributed by atoms with van der Waals surface area (Å²) in [5.41, 5.74) is 11.4. The predicted octanol–water partition coefficient (Wildman–Crippen LogP) is 9.49. The van der Waals surface area contributed by atoms with Gasteiger partial charge in [0.2, 0.25) is 0 Å². The SMILES string of the molecule is Fc1ccc(-c2nc(-c3ccc(F)cc3)nc(-c3ccc4c(c3)C3(c5ccccc5-c5ccccc53)c3ccccc3-4)n2)cc1. The van der Waals surface area contributed by atoms with Crippen molar-refractivity contribution < 1.29 is 8.78 Å². The Morgan fingerprint density at radius 1 is 0.356 bits per heavy atom. The second-order valence-corrected chi connectivity index (χ2v) is 11.5. The van der Waals surface area contributed by atoms with Crippen LogP contribution in [0, 0.1) is 11.6 Å². The Balaban J connectivity index is 1.31. The summed E-state index contributed by atoms with van der Waals surface area (Å²) >= 11 is 0. The van der Waals surface area contributed by atoms with Crippen LogP contribution in [0.1, 0.15) is 22.3 Å². The first-order chi connectivity index (χ1) is 22.1. The highest BCUT2D eigenvalue weighted by atomic mass is 19.1. The standard InChI is InChI=1S/C40H23F2N3/c41-27-18-13-24(14-19-27)37-43-38(25-15-20-28(42)21-16-25)45-39(44-37)26-17-22-32-31-9-3-6-12-35(31)40(36(32)23-26)33-10-4-1-7-29(33)30-8-2-5-11-34(30)40/h1-23H. The fourth-order valence-corrected chi connectivity index (χ4v) is 7.20. The van der Waals surface area contributed by atoms with E-state index in [4.69, 9.17) is 15.0 Å². The zero-order valence-electron chi connectivity index (χ0n) is 23.9. The molecule has 6 aromatic carbocycles. The summed E-state index contributed by atoms with van der Waals surface area (Å²) in [6.07, 6.45) is 0. The molecule has 0 amide bonds. The molecular weight excluding hydrogens is 560 g/mol. The Bertz CT molecular complexity index is 2170. The quantitative estimate of drug-likeness (QED) is 0.208. The van der Waals surface area contributed by atoms with Gasteiger partial charge in [-0.25, -0.2) is 23.7 Å². The van der Waals surface area contributed by atoms with Crippen molar-refractivity contribution in [1.29, 1.82) is 0 Å². The van der Waals surface area contributed by atoms with Crippen LogP contribution in [-0.2, 0) is 5.41 Å². The van der Waals surface area contributed by atoms with Gasteiger partial charge in [-0.15, -0.1) is 0 Å². The Kier molecular flexibility index (Phi) is 5.47. The van der Waals surface area contributed by atoms with Crippen LogP contribution >= 0.6 is 0 Å². The van der Waals surface area contributed by atoms with Crippen LogP contribution < -0.4 is 0 Å². The second kappa shape index (κ2) is 9.60. The molecule has 1 heterocycles. The third-order valence-electron chi connectivity index (χ3n) is 9.10. The van der Waals surface area contributed by atoms with Crippen LogP contribution in [0.25, 0.3) is 56.4 Å². The number of hydrogen-bond donors (Lipinski definition) is 0. The van der Waals surface area contributed by atoms with Gasteiger partial charge in [-0.1, -0.05) is 84.9 Å². The first kappa shape index (κ1) is 25.7. The average molecular weight is 584 g/mol. The van der Waals surface area contributed by atoms with Crippen molar-refractivity contribution in [3.8, 4) is 56.4 Å². The lowest BCUT2D eigenvalue weighted by Crippen LogP contribution is -2.25. The zero-order chi connectivity index (χ0) is 30.1. The molecule has 2 aliphatic rings. The van der Waals surface area contributed by atoms with Crippen LogP contribution in [0.2, 0.25) is 0 Å². The summed E-state index contributed by atoms with van der Waals surface area (Å²) in [5.74, 6) is 0.626. The van der Waals surface area contributed by atoms with Gasteiger partial charge in [0.25, 0.3) is 0 Å². The van der Waals surface area contributed by atoms with Gasteiger partial charge >= 0.3 is 0 Å². The van der Waals surface area contributed by atoms with E-state index in [2.05, 4.69) is 91.0 Å². The molecule has 0 N–H and O–H groups in total. The number of aromatic nitrogens is 3. The van der Waals surface area contributed by atoms with E-state index < -0.39 is 5.41 Å². The highest BCUT2D eigenvalue weighted by Gasteiger charge is 2.51. The summed E-state index contributed by atoms with van der Waals surface area (Å²) in [6.45, 7) is 0. The molecule has 5 heteroatoms. The van der Waals surface area contributed by atoms with Crippen LogP contribution in [0.3, 0.4) is 0 Å². The lowest BCUT2D eigenvalue weighted by Gasteiger charge is -2.30. The third kappa shape index (κ3) is 3.71. The summed E-state index contributed by atoms with van der Waals surface area (Å²) in [4.78, 5) is 14.5. The summed E-state index contributed by atoms with van der Waals surface area (Å²) in [6, 6.07) is 44.6. The van der Waals surface area contributed by atoms with Gasteiger partial charge in [-0.3, -0.25) is 0 Å². The van der Waals surface area contributed by atoms with Crippen molar-refractivity contribution in [2.75, 3.05) is 0 Å². The van der Waals surface area contributed by atoms with Gasteiger partial charge in [0.05, 0.1) is 5.41 Å². The van der Waals surface area contributed by atoms with E-state index in [-0.39, 0.29) is 11.6 Å². The Labute approximate surface area is 258 Å². The van der Waals surface area contributed by atoms with Gasteiger partial charge in [-0.2, -0.15) is 0 Å². The van der Waals surface area contributed by atoms with Crippen LogP contribution in [0.4, 0.5) is 8.78 Å². The lowest BCUT2D eigenvalue weighted by atomic mass is 9.70. The van der Waals surface area contributed by atoms with Crippen molar-refractivity contribution in [2.24, 2.45) is 0 Å². The number of benzene rings is 6. The van der Waals surface area contributed by atoms with Crippen LogP contribution in [-0.4, -0.2) is 15.0 Å². The fourth-order valence-electron chi connectivity index (χ4n) is 7.20. The average Bonchev–Trinajstić information content (AvgIpc) is 3.56. The first-order valence-corrected chi connectivity index (χ1v) is 14.8. The van der Waals surface area contributed by atoms with E-state index in [1.54, 1.807) is 24.3 Å². The molecular formula is C40H23F2N3. The summed E-state index contributed by atoms with van der Waals surface area (Å²) in [7, 11) is 0. The molecule has 0 unspecified atom stereocenters. The minimum absolute atomic E-state index is 0.340. The molecule has 2 aliphatic carbocycles. The van der Waals surface area contributed by atoms with Crippen molar-refractivity contribution >= 4 is 0 Å². The Morgan fingerprint density at radius 2 is 0.711 bits per heavy atom. The van der Waals surface area contributed by atoms with Gasteiger partial charge in [-0.05, 0) is 99.1 Å². The smallest absolute Gasteiger partial charge is 0.164 e. The highest BCUT2D eigenvalue weighted by Crippen LogP contribution is 2.62. The van der Waals surface area contributed by atoms with E-state index in [1.807, 2.05) is 0 Å². The van der Waals surface area contributed by atoms with Gasteiger partial charge < -0.3 is 0 Å².